The van der Waals surface area contributed by atoms with Crippen LogP contribution in [-0.4, -0.2) is 26.5 Å². The van der Waals surface area contributed by atoms with Crippen molar-refractivity contribution in [2.75, 3.05) is 0 Å². The summed E-state index contributed by atoms with van der Waals surface area (Å²) >= 11 is 0. The Morgan fingerprint density at radius 2 is 1.95 bits per heavy atom. The van der Waals surface area contributed by atoms with Crippen LogP contribution in [0.25, 0.3) is 0 Å². The Balaban J connectivity index is 2.61. The van der Waals surface area contributed by atoms with Gasteiger partial charge in [-0.15, -0.1) is 0 Å². The third-order valence-electron chi connectivity index (χ3n) is 3.25. The smallest absolute Gasteiger partial charge is 0.240 e. The van der Waals surface area contributed by atoms with Crippen LogP contribution in [0.5, 0.6) is 0 Å². The number of imidazole rings is 1. The molecule has 1 amide bonds. The minimum absolute atomic E-state index is 0.0202. The molecule has 0 aliphatic carbocycles. The lowest BCUT2D eigenvalue weighted by Gasteiger charge is -2.25. The summed E-state index contributed by atoms with van der Waals surface area (Å²) in [5.41, 5.74) is -0.134. The molecule has 1 aromatic heterocycles. The normalized spacial score (nSPS) is 12.5. The zero-order valence-electron chi connectivity index (χ0n) is 13.6. The van der Waals surface area contributed by atoms with E-state index in [0.29, 0.717) is 13.1 Å². The zero-order valence-corrected chi connectivity index (χ0v) is 13.6. The lowest BCUT2D eigenvalue weighted by molar-refractivity contribution is -0.123. The van der Waals surface area contributed by atoms with Crippen LogP contribution in [0.4, 0.5) is 0 Å². The number of rotatable bonds is 6. The van der Waals surface area contributed by atoms with E-state index in [1.54, 1.807) is 6.20 Å². The van der Waals surface area contributed by atoms with E-state index in [1.807, 2.05) is 24.6 Å². The van der Waals surface area contributed by atoms with Crippen molar-refractivity contribution in [3.63, 3.8) is 0 Å². The molecule has 0 spiro atoms. The fraction of sp³-hybridized carbons (Fsp3) is 0.733. The van der Waals surface area contributed by atoms with Gasteiger partial charge in [0.2, 0.25) is 5.91 Å². The van der Waals surface area contributed by atoms with Crippen molar-refractivity contribution in [3.05, 3.63) is 18.2 Å². The number of carbonyl (C=O) groups excluding carboxylic acids is 1. The minimum atomic E-state index is -0.165. The number of amides is 1. The van der Waals surface area contributed by atoms with Crippen molar-refractivity contribution in [2.24, 2.45) is 0 Å². The first-order valence-corrected chi connectivity index (χ1v) is 7.19. The lowest BCUT2D eigenvalue weighted by atomic mass is 10.0. The number of aromatic nitrogens is 2. The average Bonchev–Trinajstić information content (AvgIpc) is 2.72. The average molecular weight is 280 g/mol. The van der Waals surface area contributed by atoms with Gasteiger partial charge in [-0.05, 0) is 41.0 Å². The summed E-state index contributed by atoms with van der Waals surface area (Å²) in [6.07, 6.45) is 4.48. The maximum absolute atomic E-state index is 12.1. The van der Waals surface area contributed by atoms with Crippen molar-refractivity contribution >= 4 is 5.91 Å². The highest BCUT2D eigenvalue weighted by Crippen LogP contribution is 2.08. The highest BCUT2D eigenvalue weighted by Gasteiger charge is 2.18. The molecule has 1 rings (SSSR count). The molecule has 0 bridgehead atoms. The molecule has 5 heteroatoms. The maximum atomic E-state index is 12.1. The van der Waals surface area contributed by atoms with Crippen molar-refractivity contribution in [1.82, 2.24) is 20.2 Å². The molecule has 5 nitrogen and oxygen atoms in total. The molecule has 0 aromatic carbocycles. The van der Waals surface area contributed by atoms with E-state index in [1.165, 1.54) is 0 Å². The molecule has 1 aromatic rings. The van der Waals surface area contributed by atoms with Crippen LogP contribution in [0.1, 0.15) is 53.8 Å². The van der Waals surface area contributed by atoms with E-state index >= 15 is 0 Å². The fourth-order valence-corrected chi connectivity index (χ4v) is 1.66. The van der Waals surface area contributed by atoms with Gasteiger partial charge >= 0.3 is 0 Å². The highest BCUT2D eigenvalue weighted by atomic mass is 16.2. The van der Waals surface area contributed by atoms with E-state index in [-0.39, 0.29) is 17.0 Å². The molecule has 0 atom stereocenters. The number of carbonyl (C=O) groups is 1. The quantitative estimate of drug-likeness (QED) is 0.838. The predicted octanol–water partition coefficient (Wildman–Crippen LogP) is 2.08. The Morgan fingerprint density at radius 1 is 1.30 bits per heavy atom. The van der Waals surface area contributed by atoms with Gasteiger partial charge in [-0.2, -0.15) is 0 Å². The summed E-state index contributed by atoms with van der Waals surface area (Å²) in [6, 6.07) is 0. The first-order valence-electron chi connectivity index (χ1n) is 7.19. The molecule has 0 fully saturated rings. The summed E-state index contributed by atoms with van der Waals surface area (Å²) in [5, 5.41) is 6.42. The second-order valence-electron chi connectivity index (χ2n) is 6.86. The second kappa shape index (κ2) is 6.39. The Kier molecular flexibility index (Phi) is 5.34. The number of hydrogen-bond donors (Lipinski definition) is 2. The van der Waals surface area contributed by atoms with Crippen molar-refractivity contribution in [1.29, 1.82) is 0 Å². The molecule has 20 heavy (non-hydrogen) atoms. The van der Waals surface area contributed by atoms with Gasteiger partial charge in [-0.3, -0.25) is 4.79 Å². The van der Waals surface area contributed by atoms with Gasteiger partial charge in [0.15, 0.2) is 0 Å². The molecule has 0 aliphatic rings. The molecule has 0 aliphatic heterocycles. The van der Waals surface area contributed by atoms with Crippen LogP contribution in [0.15, 0.2) is 12.4 Å². The number of nitrogens with zero attached hydrogens (tertiary/aromatic N) is 2. The third kappa shape index (κ3) is 5.74. The lowest BCUT2D eigenvalue weighted by Crippen LogP contribution is -2.44. The van der Waals surface area contributed by atoms with Crippen LogP contribution >= 0.6 is 0 Å². The van der Waals surface area contributed by atoms with Gasteiger partial charge in [0.05, 0.1) is 6.54 Å². The minimum Gasteiger partial charge on any atom is -0.350 e. The van der Waals surface area contributed by atoms with Crippen LogP contribution in [-0.2, 0) is 17.9 Å². The fourth-order valence-electron chi connectivity index (χ4n) is 1.66. The molecule has 0 radical (unpaired) electrons. The van der Waals surface area contributed by atoms with Crippen molar-refractivity contribution in [2.45, 2.75) is 72.1 Å². The van der Waals surface area contributed by atoms with Crippen molar-refractivity contribution in [3.8, 4) is 0 Å². The van der Waals surface area contributed by atoms with Crippen molar-refractivity contribution < 1.29 is 4.79 Å². The van der Waals surface area contributed by atoms with Crippen LogP contribution in [0.2, 0.25) is 0 Å². The molecule has 114 valence electrons. The monoisotopic (exact) mass is 280 g/mol. The van der Waals surface area contributed by atoms with E-state index in [2.05, 4.69) is 43.3 Å². The van der Waals surface area contributed by atoms with Gasteiger partial charge in [-0.1, -0.05) is 6.92 Å². The molecular formula is C15H28N4O. The molecular weight excluding hydrogens is 252 g/mol. The first-order chi connectivity index (χ1) is 9.13. The summed E-state index contributed by atoms with van der Waals surface area (Å²) in [4.78, 5) is 16.4. The van der Waals surface area contributed by atoms with E-state index in [4.69, 9.17) is 0 Å². The molecule has 2 N–H and O–H groups in total. The second-order valence-corrected chi connectivity index (χ2v) is 6.86. The molecule has 0 unspecified atom stereocenters. The van der Waals surface area contributed by atoms with Crippen LogP contribution in [0.3, 0.4) is 0 Å². The van der Waals surface area contributed by atoms with E-state index in [9.17, 15) is 4.79 Å². The van der Waals surface area contributed by atoms with Gasteiger partial charge in [0.25, 0.3) is 0 Å². The van der Waals surface area contributed by atoms with Crippen LogP contribution < -0.4 is 10.6 Å². The third-order valence-corrected chi connectivity index (χ3v) is 3.25. The summed E-state index contributed by atoms with van der Waals surface area (Å²) in [5.74, 6) is 0.899. The zero-order chi connectivity index (χ0) is 15.4. The molecule has 1 heterocycles. The van der Waals surface area contributed by atoms with Gasteiger partial charge < -0.3 is 15.2 Å². The maximum Gasteiger partial charge on any atom is 0.240 e. The predicted molar refractivity (Wildman–Crippen MR) is 81.3 cm³/mol. The Morgan fingerprint density at radius 3 is 2.50 bits per heavy atom. The molecule has 0 saturated carbocycles. The van der Waals surface area contributed by atoms with Gasteiger partial charge in [0, 0.05) is 23.5 Å². The standard InChI is InChI=1S/C15H28N4O/c1-7-15(5,6)18-13(20)11-19-9-8-16-12(19)10-17-14(2,3)4/h8-9,17H,7,10-11H2,1-6H3,(H,18,20). The van der Waals surface area contributed by atoms with E-state index < -0.39 is 0 Å². The summed E-state index contributed by atoms with van der Waals surface area (Å²) < 4.78 is 1.89. The Hall–Kier alpha value is -1.36. The number of hydrogen-bond acceptors (Lipinski definition) is 3. The van der Waals surface area contributed by atoms with E-state index in [0.717, 1.165) is 12.2 Å². The largest absolute Gasteiger partial charge is 0.350 e. The number of nitrogens with one attached hydrogen (secondary N) is 2. The summed E-state index contributed by atoms with van der Waals surface area (Å²) in [6.45, 7) is 13.4. The highest BCUT2D eigenvalue weighted by molar-refractivity contribution is 5.76. The SMILES string of the molecule is CCC(C)(C)NC(=O)Cn1ccnc1CNC(C)(C)C. The van der Waals surface area contributed by atoms with Crippen LogP contribution in [0, 0.1) is 0 Å². The Labute approximate surface area is 122 Å². The van der Waals surface area contributed by atoms with Gasteiger partial charge in [0.1, 0.15) is 12.4 Å². The Bertz CT molecular complexity index is 443. The topological polar surface area (TPSA) is 59.0 Å². The first kappa shape index (κ1) is 16.7. The summed E-state index contributed by atoms with van der Waals surface area (Å²) in [7, 11) is 0. The van der Waals surface area contributed by atoms with Gasteiger partial charge in [-0.25, -0.2) is 4.98 Å². The molecule has 0 saturated heterocycles.